The number of ether oxygens (including phenoxy) is 3. The highest BCUT2D eigenvalue weighted by Gasteiger charge is 2.08. The molecule has 0 bridgehead atoms. The first kappa shape index (κ1) is 17.3. The van der Waals surface area contributed by atoms with Gasteiger partial charge in [0.2, 0.25) is 0 Å². The van der Waals surface area contributed by atoms with Gasteiger partial charge in [0.15, 0.2) is 0 Å². The van der Waals surface area contributed by atoms with Crippen molar-refractivity contribution in [1.82, 2.24) is 10.3 Å². The van der Waals surface area contributed by atoms with Crippen LogP contribution in [-0.4, -0.2) is 30.2 Å². The molecule has 126 valence electrons. The van der Waals surface area contributed by atoms with E-state index in [-0.39, 0.29) is 19.6 Å². The number of nitrogens with one attached hydrogen (secondary N) is 1. The van der Waals surface area contributed by atoms with Gasteiger partial charge in [0, 0.05) is 18.8 Å². The molecule has 0 fully saturated rings. The van der Waals surface area contributed by atoms with E-state index in [2.05, 4.69) is 10.3 Å². The molecule has 1 amide bonds. The van der Waals surface area contributed by atoms with E-state index < -0.39 is 12.1 Å². The predicted molar refractivity (Wildman–Crippen MR) is 86.0 cm³/mol. The van der Waals surface area contributed by atoms with Gasteiger partial charge in [-0.2, -0.15) is 0 Å². The first-order chi connectivity index (χ1) is 11.7. The highest BCUT2D eigenvalue weighted by Crippen LogP contribution is 2.24. The molecule has 1 aromatic carbocycles. The largest absolute Gasteiger partial charge is 0.456 e. The molecule has 24 heavy (non-hydrogen) atoms. The number of hydrogen-bond donors (Lipinski definition) is 1. The van der Waals surface area contributed by atoms with Crippen LogP contribution in [-0.2, 0) is 9.53 Å². The van der Waals surface area contributed by atoms with Crippen LogP contribution in [0.3, 0.4) is 0 Å². The van der Waals surface area contributed by atoms with Crippen molar-refractivity contribution in [3.05, 3.63) is 48.8 Å². The topological polar surface area (TPSA) is 86.8 Å². The van der Waals surface area contributed by atoms with Crippen LogP contribution in [0.1, 0.15) is 13.3 Å². The van der Waals surface area contributed by atoms with Crippen molar-refractivity contribution in [2.45, 2.75) is 13.3 Å². The molecule has 0 saturated carbocycles. The maximum absolute atomic E-state index is 11.8. The molecular weight excluding hydrogens is 312 g/mol. The number of rotatable bonds is 7. The summed E-state index contributed by atoms with van der Waals surface area (Å²) in [5.41, 5.74) is 0. The molecule has 0 aliphatic rings. The fourth-order valence-corrected chi connectivity index (χ4v) is 1.78. The van der Waals surface area contributed by atoms with Crippen LogP contribution in [0, 0.1) is 0 Å². The van der Waals surface area contributed by atoms with E-state index in [4.69, 9.17) is 14.2 Å². The zero-order chi connectivity index (χ0) is 17.2. The summed E-state index contributed by atoms with van der Waals surface area (Å²) >= 11 is 0. The van der Waals surface area contributed by atoms with E-state index in [0.29, 0.717) is 17.2 Å². The SMILES string of the molecule is CCOC(=O)NCCC(=O)Oc1cccc(Oc2cccnc2)c1. The van der Waals surface area contributed by atoms with Gasteiger partial charge < -0.3 is 19.5 Å². The third-order valence-electron chi connectivity index (χ3n) is 2.78. The van der Waals surface area contributed by atoms with Gasteiger partial charge in [-0.25, -0.2) is 4.79 Å². The zero-order valence-electron chi connectivity index (χ0n) is 13.2. The lowest BCUT2D eigenvalue weighted by atomic mass is 10.3. The van der Waals surface area contributed by atoms with Crippen molar-refractivity contribution in [3.63, 3.8) is 0 Å². The number of aromatic nitrogens is 1. The van der Waals surface area contributed by atoms with Gasteiger partial charge in [-0.15, -0.1) is 0 Å². The summed E-state index contributed by atoms with van der Waals surface area (Å²) in [5, 5.41) is 2.45. The highest BCUT2D eigenvalue weighted by atomic mass is 16.5. The van der Waals surface area contributed by atoms with Crippen LogP contribution in [0.15, 0.2) is 48.8 Å². The van der Waals surface area contributed by atoms with Crippen LogP contribution in [0.5, 0.6) is 17.2 Å². The Balaban J connectivity index is 1.83. The molecule has 2 aromatic rings. The first-order valence-electron chi connectivity index (χ1n) is 7.46. The molecule has 0 aliphatic heterocycles. The lowest BCUT2D eigenvalue weighted by Crippen LogP contribution is -2.27. The number of nitrogens with zero attached hydrogens (tertiary/aromatic N) is 1. The maximum Gasteiger partial charge on any atom is 0.407 e. The average molecular weight is 330 g/mol. The molecule has 0 saturated heterocycles. The second kappa shape index (κ2) is 9.14. The maximum atomic E-state index is 11.8. The molecular formula is C17H18N2O5. The number of amides is 1. The van der Waals surface area contributed by atoms with Crippen molar-refractivity contribution in [1.29, 1.82) is 0 Å². The minimum atomic E-state index is -0.558. The van der Waals surface area contributed by atoms with Crippen molar-refractivity contribution in [2.24, 2.45) is 0 Å². The summed E-state index contributed by atoms with van der Waals surface area (Å²) in [4.78, 5) is 26.8. The Morgan fingerprint density at radius 1 is 1.12 bits per heavy atom. The van der Waals surface area contributed by atoms with E-state index in [1.807, 2.05) is 0 Å². The number of pyridine rings is 1. The third-order valence-corrected chi connectivity index (χ3v) is 2.78. The van der Waals surface area contributed by atoms with E-state index >= 15 is 0 Å². The van der Waals surface area contributed by atoms with Crippen LogP contribution in [0.2, 0.25) is 0 Å². The summed E-state index contributed by atoms with van der Waals surface area (Å²) in [6.45, 7) is 2.12. The van der Waals surface area contributed by atoms with E-state index in [9.17, 15) is 9.59 Å². The number of hydrogen-bond acceptors (Lipinski definition) is 6. The van der Waals surface area contributed by atoms with Gasteiger partial charge in [-0.1, -0.05) is 6.07 Å². The van der Waals surface area contributed by atoms with Gasteiger partial charge in [-0.05, 0) is 31.2 Å². The quantitative estimate of drug-likeness (QED) is 0.620. The van der Waals surface area contributed by atoms with Crippen molar-refractivity contribution in [3.8, 4) is 17.2 Å². The van der Waals surface area contributed by atoms with Crippen molar-refractivity contribution >= 4 is 12.1 Å². The fourth-order valence-electron chi connectivity index (χ4n) is 1.78. The molecule has 1 heterocycles. The van der Waals surface area contributed by atoms with Gasteiger partial charge in [0.05, 0.1) is 19.2 Å². The Bertz CT molecular complexity index is 676. The Kier molecular flexibility index (Phi) is 6.58. The van der Waals surface area contributed by atoms with E-state index in [1.54, 1.807) is 55.7 Å². The van der Waals surface area contributed by atoms with Gasteiger partial charge in [0.1, 0.15) is 17.2 Å². The van der Waals surface area contributed by atoms with Gasteiger partial charge in [0.25, 0.3) is 0 Å². The molecule has 0 unspecified atom stereocenters. The number of carbonyl (C=O) groups excluding carboxylic acids is 2. The molecule has 1 aromatic heterocycles. The lowest BCUT2D eigenvalue weighted by molar-refractivity contribution is -0.134. The lowest BCUT2D eigenvalue weighted by Gasteiger charge is -2.08. The second-order valence-electron chi connectivity index (χ2n) is 4.64. The highest BCUT2D eigenvalue weighted by molar-refractivity contribution is 5.74. The minimum absolute atomic E-state index is 0.0342. The van der Waals surface area contributed by atoms with Crippen molar-refractivity contribution < 1.29 is 23.8 Å². The van der Waals surface area contributed by atoms with E-state index in [0.717, 1.165) is 0 Å². The van der Waals surface area contributed by atoms with Crippen LogP contribution in [0.4, 0.5) is 4.79 Å². The number of esters is 1. The van der Waals surface area contributed by atoms with Crippen LogP contribution < -0.4 is 14.8 Å². The summed E-state index contributed by atoms with van der Waals surface area (Å²) < 4.78 is 15.5. The predicted octanol–water partition coefficient (Wildman–Crippen LogP) is 2.92. The Morgan fingerprint density at radius 3 is 2.67 bits per heavy atom. The molecule has 0 atom stereocenters. The van der Waals surface area contributed by atoms with Crippen molar-refractivity contribution in [2.75, 3.05) is 13.2 Å². The first-order valence-corrected chi connectivity index (χ1v) is 7.46. The number of carbonyl (C=O) groups is 2. The van der Waals surface area contributed by atoms with E-state index in [1.165, 1.54) is 0 Å². The normalized spacial score (nSPS) is 9.88. The minimum Gasteiger partial charge on any atom is -0.456 e. The summed E-state index contributed by atoms with van der Waals surface area (Å²) in [5.74, 6) is 1.00. The molecule has 1 N–H and O–H groups in total. The summed E-state index contributed by atoms with van der Waals surface area (Å²) in [7, 11) is 0. The smallest absolute Gasteiger partial charge is 0.407 e. The van der Waals surface area contributed by atoms with Gasteiger partial charge in [-0.3, -0.25) is 9.78 Å². The second-order valence-corrected chi connectivity index (χ2v) is 4.64. The van der Waals surface area contributed by atoms with Crippen LogP contribution >= 0.6 is 0 Å². The zero-order valence-corrected chi connectivity index (χ0v) is 13.2. The standard InChI is InChI=1S/C17H18N2O5/c1-2-22-17(21)19-10-8-16(20)24-14-6-3-5-13(11-14)23-15-7-4-9-18-12-15/h3-7,9,11-12H,2,8,10H2,1H3,(H,19,21). The molecule has 2 rings (SSSR count). The molecule has 0 aliphatic carbocycles. The molecule has 0 radical (unpaired) electrons. The monoisotopic (exact) mass is 330 g/mol. The summed E-state index contributed by atoms with van der Waals surface area (Å²) in [6.07, 6.45) is 2.71. The molecule has 7 heteroatoms. The molecule has 0 spiro atoms. The Labute approximate surface area is 139 Å². The number of benzene rings is 1. The Hall–Kier alpha value is -3.09. The third kappa shape index (κ3) is 5.96. The number of alkyl carbamates (subject to hydrolysis) is 1. The molecule has 7 nitrogen and oxygen atoms in total. The average Bonchev–Trinajstić information content (AvgIpc) is 2.56. The van der Waals surface area contributed by atoms with Gasteiger partial charge >= 0.3 is 12.1 Å². The summed E-state index contributed by atoms with van der Waals surface area (Å²) in [6, 6.07) is 10.2. The fraction of sp³-hybridized carbons (Fsp3) is 0.235. The Morgan fingerprint density at radius 2 is 1.92 bits per heavy atom. The van der Waals surface area contributed by atoms with Crippen LogP contribution in [0.25, 0.3) is 0 Å².